The van der Waals surface area contributed by atoms with Gasteiger partial charge in [-0.3, -0.25) is 9.59 Å². The lowest BCUT2D eigenvalue weighted by Gasteiger charge is -2.06. The second-order valence-corrected chi connectivity index (χ2v) is 12.5. The Balaban J connectivity index is 0.000000152. The molecule has 6 aromatic carbocycles. The van der Waals surface area contributed by atoms with E-state index in [-0.39, 0.29) is 35.7 Å². The molecule has 2 fully saturated rings. The van der Waals surface area contributed by atoms with Gasteiger partial charge in [0.2, 0.25) is 0 Å². The van der Waals surface area contributed by atoms with E-state index in [9.17, 15) is 9.59 Å². The maximum absolute atomic E-state index is 12.8. The van der Waals surface area contributed by atoms with E-state index in [1.165, 1.54) is 11.1 Å². The molecule has 8 rings (SSSR count). The van der Waals surface area contributed by atoms with Gasteiger partial charge in [0, 0.05) is 22.5 Å². The molecule has 4 atom stereocenters. The molecular formula is C44H38N2O2. The van der Waals surface area contributed by atoms with Gasteiger partial charge in [-0.2, -0.15) is 0 Å². The van der Waals surface area contributed by atoms with Crippen LogP contribution in [0.25, 0.3) is 22.3 Å². The molecule has 0 spiro atoms. The zero-order valence-corrected chi connectivity index (χ0v) is 27.2. The standard InChI is InChI=1S/2C22H19NO/c2*1-16-21(23(16)20-10-6-3-7-11-20)22(24)19-14-12-18(13-15-19)17-8-4-2-5-9-17/h2*2-16,21H,1H3. The fourth-order valence-electron chi connectivity index (χ4n) is 6.64. The number of carbonyl (C=O) groups excluding carboxylic acids is 2. The molecular weight excluding hydrogens is 588 g/mol. The Kier molecular flexibility index (Phi) is 8.72. The highest BCUT2D eigenvalue weighted by molar-refractivity contribution is 6.07. The van der Waals surface area contributed by atoms with E-state index < -0.39 is 0 Å². The van der Waals surface area contributed by atoms with Crippen molar-refractivity contribution in [1.82, 2.24) is 0 Å². The van der Waals surface area contributed by atoms with Gasteiger partial charge in [-0.15, -0.1) is 0 Å². The first kappa shape index (κ1) is 30.9. The van der Waals surface area contributed by atoms with Gasteiger partial charge in [-0.1, -0.05) is 146 Å². The summed E-state index contributed by atoms with van der Waals surface area (Å²) in [6, 6.07) is 57.0. The van der Waals surface area contributed by atoms with E-state index >= 15 is 0 Å². The second-order valence-electron chi connectivity index (χ2n) is 12.5. The highest BCUT2D eigenvalue weighted by atomic mass is 16.1. The average Bonchev–Trinajstić information content (AvgIpc) is 4.05. The second kappa shape index (κ2) is 13.5. The van der Waals surface area contributed by atoms with Crippen LogP contribution < -0.4 is 9.80 Å². The predicted molar refractivity (Wildman–Crippen MR) is 197 cm³/mol. The minimum Gasteiger partial charge on any atom is -0.354 e. The van der Waals surface area contributed by atoms with Crippen molar-refractivity contribution in [2.24, 2.45) is 0 Å². The average molecular weight is 627 g/mol. The molecule has 0 aliphatic carbocycles. The Bertz CT molecular complexity index is 1830. The van der Waals surface area contributed by atoms with Crippen LogP contribution in [0.3, 0.4) is 0 Å². The van der Waals surface area contributed by atoms with E-state index in [0.29, 0.717) is 0 Å². The van der Waals surface area contributed by atoms with Gasteiger partial charge in [0.25, 0.3) is 0 Å². The maximum Gasteiger partial charge on any atom is 0.187 e. The third kappa shape index (κ3) is 6.43. The molecule has 0 aromatic heterocycles. The van der Waals surface area contributed by atoms with Crippen LogP contribution in [0.2, 0.25) is 0 Å². The molecule has 0 amide bonds. The molecule has 4 heteroatoms. The highest BCUT2D eigenvalue weighted by Crippen LogP contribution is 2.38. The number of anilines is 2. The Morgan fingerprint density at radius 1 is 0.375 bits per heavy atom. The van der Waals surface area contributed by atoms with Crippen molar-refractivity contribution in [1.29, 1.82) is 0 Å². The van der Waals surface area contributed by atoms with Crippen molar-refractivity contribution < 1.29 is 9.59 Å². The lowest BCUT2D eigenvalue weighted by molar-refractivity contribution is 0.0983. The summed E-state index contributed by atoms with van der Waals surface area (Å²) in [6.07, 6.45) is 0. The first-order chi connectivity index (χ1) is 23.5. The summed E-state index contributed by atoms with van der Waals surface area (Å²) in [5.41, 5.74) is 8.40. The lowest BCUT2D eigenvalue weighted by Crippen LogP contribution is -2.13. The Morgan fingerprint density at radius 3 is 0.958 bits per heavy atom. The van der Waals surface area contributed by atoms with Gasteiger partial charge < -0.3 is 9.80 Å². The van der Waals surface area contributed by atoms with Gasteiger partial charge >= 0.3 is 0 Å². The molecule has 0 radical (unpaired) electrons. The largest absolute Gasteiger partial charge is 0.354 e. The van der Waals surface area contributed by atoms with Crippen LogP contribution in [-0.4, -0.2) is 35.7 Å². The molecule has 2 heterocycles. The number of carbonyl (C=O) groups is 2. The lowest BCUT2D eigenvalue weighted by atomic mass is 10.0. The van der Waals surface area contributed by atoms with Crippen molar-refractivity contribution in [3.05, 3.63) is 181 Å². The highest BCUT2D eigenvalue weighted by Gasteiger charge is 2.50. The summed E-state index contributed by atoms with van der Waals surface area (Å²) < 4.78 is 0. The van der Waals surface area contributed by atoms with Crippen LogP contribution in [0.5, 0.6) is 0 Å². The van der Waals surface area contributed by atoms with Crippen molar-refractivity contribution >= 4 is 22.9 Å². The molecule has 0 saturated carbocycles. The van der Waals surface area contributed by atoms with Crippen LogP contribution in [-0.2, 0) is 0 Å². The first-order valence-corrected chi connectivity index (χ1v) is 16.6. The molecule has 4 unspecified atom stereocenters. The minimum atomic E-state index is -0.0463. The fraction of sp³-hybridized carbons (Fsp3) is 0.136. The van der Waals surface area contributed by atoms with Crippen molar-refractivity contribution in [3.8, 4) is 22.3 Å². The van der Waals surface area contributed by atoms with Crippen LogP contribution in [0.15, 0.2) is 170 Å². The van der Waals surface area contributed by atoms with Crippen molar-refractivity contribution in [2.45, 2.75) is 38.0 Å². The summed E-state index contributed by atoms with van der Waals surface area (Å²) in [5.74, 6) is 0.400. The van der Waals surface area contributed by atoms with Gasteiger partial charge in [0.15, 0.2) is 11.6 Å². The summed E-state index contributed by atoms with van der Waals surface area (Å²) >= 11 is 0. The molecule has 0 bridgehead atoms. The Labute approximate surface area is 282 Å². The summed E-state index contributed by atoms with van der Waals surface area (Å²) in [7, 11) is 0. The van der Waals surface area contributed by atoms with E-state index in [0.717, 1.165) is 33.6 Å². The molecule has 4 nitrogen and oxygen atoms in total. The third-order valence-electron chi connectivity index (χ3n) is 9.41. The van der Waals surface area contributed by atoms with E-state index in [2.05, 4.69) is 72.2 Å². The van der Waals surface area contributed by atoms with E-state index in [1.807, 2.05) is 121 Å². The van der Waals surface area contributed by atoms with Crippen LogP contribution >= 0.6 is 0 Å². The quantitative estimate of drug-likeness (QED) is 0.125. The smallest absolute Gasteiger partial charge is 0.187 e. The molecule has 0 N–H and O–H groups in total. The zero-order chi connectivity index (χ0) is 33.0. The molecule has 236 valence electrons. The topological polar surface area (TPSA) is 40.2 Å². The predicted octanol–water partition coefficient (Wildman–Crippen LogP) is 9.63. The van der Waals surface area contributed by atoms with Crippen molar-refractivity contribution in [2.75, 3.05) is 9.80 Å². The van der Waals surface area contributed by atoms with Gasteiger partial charge in [0.1, 0.15) is 12.1 Å². The van der Waals surface area contributed by atoms with Gasteiger partial charge in [0.05, 0.1) is 12.1 Å². The van der Waals surface area contributed by atoms with Crippen LogP contribution in [0.4, 0.5) is 11.4 Å². The summed E-state index contributed by atoms with van der Waals surface area (Å²) in [6.45, 7) is 4.21. The van der Waals surface area contributed by atoms with Gasteiger partial charge in [-0.25, -0.2) is 0 Å². The molecule has 6 aromatic rings. The normalized spacial score (nSPS) is 19.1. The third-order valence-corrected chi connectivity index (χ3v) is 9.41. The number of Topliss-reactive ketones (excluding diaryl/α,β-unsaturated/α-hetero) is 2. The molecule has 2 aliphatic heterocycles. The fourth-order valence-corrected chi connectivity index (χ4v) is 6.64. The number of para-hydroxylation sites is 2. The SMILES string of the molecule is CC1C(C(=O)c2ccc(-c3ccccc3)cc2)N1c1ccccc1.CC1C(C(=O)c2ccc(-c3ccccc3)cc2)N1c1ccccc1. The number of rotatable bonds is 8. The van der Waals surface area contributed by atoms with Crippen LogP contribution in [0.1, 0.15) is 34.6 Å². The summed E-state index contributed by atoms with van der Waals surface area (Å²) in [4.78, 5) is 30.0. The number of hydrogen-bond acceptors (Lipinski definition) is 4. The molecule has 2 aliphatic rings. The van der Waals surface area contributed by atoms with Crippen molar-refractivity contribution in [3.63, 3.8) is 0 Å². The number of hydrogen-bond donors (Lipinski definition) is 0. The zero-order valence-electron chi connectivity index (χ0n) is 27.2. The number of nitrogens with zero attached hydrogens (tertiary/aromatic N) is 2. The number of benzene rings is 6. The first-order valence-electron chi connectivity index (χ1n) is 16.6. The number of ketones is 2. The Hall–Kier alpha value is -5.74. The van der Waals surface area contributed by atoms with Gasteiger partial charge in [-0.05, 0) is 60.4 Å². The molecule has 48 heavy (non-hydrogen) atoms. The molecule has 2 saturated heterocycles. The maximum atomic E-state index is 12.8. The van der Waals surface area contributed by atoms with Crippen LogP contribution in [0, 0.1) is 0 Å². The Morgan fingerprint density at radius 2 is 0.646 bits per heavy atom. The monoisotopic (exact) mass is 626 g/mol. The van der Waals surface area contributed by atoms with E-state index in [1.54, 1.807) is 0 Å². The minimum absolute atomic E-state index is 0.0463. The summed E-state index contributed by atoms with van der Waals surface area (Å²) in [5, 5.41) is 0. The van der Waals surface area contributed by atoms with E-state index in [4.69, 9.17) is 0 Å².